The van der Waals surface area contributed by atoms with Gasteiger partial charge in [-0.3, -0.25) is 14.5 Å². The van der Waals surface area contributed by atoms with Gasteiger partial charge in [0.05, 0.1) is 19.8 Å². The van der Waals surface area contributed by atoms with E-state index in [-0.39, 0.29) is 23.7 Å². The molecule has 0 unspecified atom stereocenters. The van der Waals surface area contributed by atoms with E-state index in [0.717, 1.165) is 5.56 Å². The lowest BCUT2D eigenvalue weighted by atomic mass is 10.0. The molecule has 3 rings (SSSR count). The number of imide groups is 1. The van der Waals surface area contributed by atoms with E-state index in [9.17, 15) is 9.59 Å². The fourth-order valence-electron chi connectivity index (χ4n) is 3.40. The Balaban J connectivity index is 2.09. The number of carbonyl (C=O) groups is 2. The summed E-state index contributed by atoms with van der Waals surface area (Å²) in [5.41, 5.74) is 2.44. The molecule has 1 aliphatic rings. The van der Waals surface area contributed by atoms with Crippen LogP contribution in [0.1, 0.15) is 17.5 Å². The van der Waals surface area contributed by atoms with Crippen molar-refractivity contribution >= 4 is 34.7 Å². The number of methoxy groups -OCH3 is 3. The highest BCUT2D eigenvalue weighted by Gasteiger charge is 2.39. The lowest BCUT2D eigenvalue weighted by Crippen LogP contribution is -2.34. The van der Waals surface area contributed by atoms with Gasteiger partial charge in [-0.1, -0.05) is 23.7 Å². The Morgan fingerprint density at radius 1 is 1.00 bits per heavy atom. The van der Waals surface area contributed by atoms with Gasteiger partial charge in [-0.2, -0.15) is 0 Å². The van der Waals surface area contributed by atoms with E-state index in [1.807, 2.05) is 13.0 Å². The number of nitrogens with zero attached hydrogens (tertiary/aromatic N) is 1. The number of carbonyl (C=O) groups excluding carboxylic acids is 2. The van der Waals surface area contributed by atoms with Gasteiger partial charge in [-0.15, -0.1) is 0 Å². The summed E-state index contributed by atoms with van der Waals surface area (Å²) in [5, 5.41) is 3.71. The molecule has 0 bridgehead atoms. The van der Waals surface area contributed by atoms with Crippen LogP contribution in [0, 0.1) is 6.92 Å². The zero-order valence-electron chi connectivity index (χ0n) is 18.0. The van der Waals surface area contributed by atoms with Crippen molar-refractivity contribution in [3.05, 3.63) is 58.2 Å². The minimum absolute atomic E-state index is 0.194. The van der Waals surface area contributed by atoms with Crippen molar-refractivity contribution in [1.82, 2.24) is 4.90 Å². The average molecular weight is 445 g/mol. The van der Waals surface area contributed by atoms with E-state index in [2.05, 4.69) is 5.32 Å². The van der Waals surface area contributed by atoms with Crippen LogP contribution in [0.5, 0.6) is 11.5 Å². The number of rotatable bonds is 9. The van der Waals surface area contributed by atoms with Crippen molar-refractivity contribution in [3.63, 3.8) is 0 Å². The molecule has 164 valence electrons. The smallest absolute Gasteiger partial charge is 0.278 e. The Morgan fingerprint density at radius 2 is 1.74 bits per heavy atom. The number of anilines is 1. The molecule has 2 amide bonds. The fraction of sp³-hybridized carbons (Fsp3) is 0.304. The van der Waals surface area contributed by atoms with Gasteiger partial charge in [-0.05, 0) is 48.7 Å². The highest BCUT2D eigenvalue weighted by molar-refractivity contribution is 6.36. The van der Waals surface area contributed by atoms with Crippen LogP contribution in [0.15, 0.2) is 42.1 Å². The average Bonchev–Trinajstić information content (AvgIpc) is 3.00. The van der Waals surface area contributed by atoms with Gasteiger partial charge in [0.15, 0.2) is 11.5 Å². The highest BCUT2D eigenvalue weighted by Crippen LogP contribution is 2.36. The maximum absolute atomic E-state index is 13.3. The standard InChI is InChI=1S/C23H25ClN2O5/c1-14-16(24)7-5-8-17(14)25-21-20(15-9-10-18(30-3)19(13-15)31-4)22(27)26(23(21)28)11-6-12-29-2/h5,7-10,13,25H,6,11-12H2,1-4H3. The Bertz CT molecular complexity index is 1030. The highest BCUT2D eigenvalue weighted by atomic mass is 35.5. The van der Waals surface area contributed by atoms with Gasteiger partial charge in [0.2, 0.25) is 0 Å². The predicted molar refractivity (Wildman–Crippen MR) is 119 cm³/mol. The van der Waals surface area contributed by atoms with Crippen LogP contribution in [0.2, 0.25) is 5.02 Å². The summed E-state index contributed by atoms with van der Waals surface area (Å²) in [6.45, 7) is 2.54. The number of nitrogens with one attached hydrogen (secondary N) is 1. The van der Waals surface area contributed by atoms with E-state index in [1.165, 1.54) is 19.1 Å². The second-order valence-corrected chi connectivity index (χ2v) is 7.37. The first kappa shape index (κ1) is 22.7. The molecule has 0 fully saturated rings. The van der Waals surface area contributed by atoms with E-state index in [1.54, 1.807) is 37.4 Å². The summed E-state index contributed by atoms with van der Waals surface area (Å²) in [4.78, 5) is 27.7. The number of hydrogen-bond donors (Lipinski definition) is 1. The Hall–Kier alpha value is -3.03. The van der Waals surface area contributed by atoms with Gasteiger partial charge >= 0.3 is 0 Å². The molecule has 1 heterocycles. The van der Waals surface area contributed by atoms with Crippen LogP contribution in [-0.4, -0.2) is 51.2 Å². The normalized spacial score (nSPS) is 13.8. The molecule has 7 nitrogen and oxygen atoms in total. The van der Waals surface area contributed by atoms with Crippen molar-refractivity contribution in [3.8, 4) is 11.5 Å². The van der Waals surface area contributed by atoms with Crippen molar-refractivity contribution < 1.29 is 23.8 Å². The minimum Gasteiger partial charge on any atom is -0.493 e. The van der Waals surface area contributed by atoms with Gasteiger partial charge in [0.1, 0.15) is 5.70 Å². The summed E-state index contributed by atoms with van der Waals surface area (Å²) >= 11 is 6.24. The van der Waals surface area contributed by atoms with Crippen molar-refractivity contribution in [1.29, 1.82) is 0 Å². The summed E-state index contributed by atoms with van der Waals surface area (Å²) < 4.78 is 15.7. The monoisotopic (exact) mass is 444 g/mol. The van der Waals surface area contributed by atoms with E-state index in [0.29, 0.717) is 40.8 Å². The summed E-state index contributed by atoms with van der Waals surface area (Å²) in [7, 11) is 4.63. The SMILES string of the molecule is COCCCN1C(=O)C(Nc2cccc(Cl)c2C)=C(c2ccc(OC)c(OC)c2)C1=O. The van der Waals surface area contributed by atoms with Gasteiger partial charge in [-0.25, -0.2) is 0 Å². The zero-order valence-corrected chi connectivity index (χ0v) is 18.7. The van der Waals surface area contributed by atoms with Gasteiger partial charge in [0, 0.05) is 31.0 Å². The number of benzene rings is 2. The van der Waals surface area contributed by atoms with Crippen LogP contribution in [0.4, 0.5) is 5.69 Å². The van der Waals surface area contributed by atoms with Gasteiger partial charge in [0.25, 0.3) is 11.8 Å². The molecule has 2 aromatic carbocycles. The third kappa shape index (κ3) is 4.52. The Labute approximate surface area is 186 Å². The van der Waals surface area contributed by atoms with Crippen LogP contribution in [0.25, 0.3) is 5.57 Å². The molecular formula is C23H25ClN2O5. The molecular weight excluding hydrogens is 420 g/mol. The van der Waals surface area contributed by atoms with Crippen molar-refractivity contribution in [2.75, 3.05) is 39.8 Å². The maximum Gasteiger partial charge on any atom is 0.278 e. The number of ether oxygens (including phenoxy) is 3. The molecule has 1 N–H and O–H groups in total. The second-order valence-electron chi connectivity index (χ2n) is 6.97. The quantitative estimate of drug-likeness (QED) is 0.467. The van der Waals surface area contributed by atoms with Crippen LogP contribution in [-0.2, 0) is 14.3 Å². The minimum atomic E-state index is -0.398. The molecule has 0 radical (unpaired) electrons. The molecule has 0 saturated heterocycles. The van der Waals surface area contributed by atoms with Crippen molar-refractivity contribution in [2.24, 2.45) is 0 Å². The fourth-order valence-corrected chi connectivity index (χ4v) is 3.57. The third-order valence-corrected chi connectivity index (χ3v) is 5.51. The number of hydrogen-bond acceptors (Lipinski definition) is 6. The molecule has 1 aliphatic heterocycles. The van der Waals surface area contributed by atoms with Gasteiger partial charge < -0.3 is 19.5 Å². The van der Waals surface area contributed by atoms with Crippen LogP contribution >= 0.6 is 11.6 Å². The lowest BCUT2D eigenvalue weighted by Gasteiger charge is -2.15. The summed E-state index contributed by atoms with van der Waals surface area (Å²) in [6, 6.07) is 10.5. The number of amides is 2. The zero-order chi connectivity index (χ0) is 22.5. The number of halogens is 1. The molecule has 0 spiro atoms. The second kappa shape index (κ2) is 9.85. The maximum atomic E-state index is 13.3. The first-order chi connectivity index (χ1) is 14.9. The van der Waals surface area contributed by atoms with Crippen molar-refractivity contribution in [2.45, 2.75) is 13.3 Å². The predicted octanol–water partition coefficient (Wildman–Crippen LogP) is 3.89. The molecule has 0 aromatic heterocycles. The van der Waals surface area contributed by atoms with E-state index >= 15 is 0 Å². The Morgan fingerprint density at radius 3 is 2.42 bits per heavy atom. The van der Waals surface area contributed by atoms with E-state index < -0.39 is 5.91 Å². The molecule has 31 heavy (non-hydrogen) atoms. The topological polar surface area (TPSA) is 77.1 Å². The molecule has 8 heteroatoms. The van der Waals surface area contributed by atoms with Crippen LogP contribution in [0.3, 0.4) is 0 Å². The molecule has 0 saturated carbocycles. The first-order valence-corrected chi connectivity index (χ1v) is 10.1. The molecule has 0 atom stereocenters. The largest absolute Gasteiger partial charge is 0.493 e. The van der Waals surface area contributed by atoms with Crippen LogP contribution < -0.4 is 14.8 Å². The van der Waals surface area contributed by atoms with E-state index in [4.69, 9.17) is 25.8 Å². The molecule has 0 aliphatic carbocycles. The molecule has 2 aromatic rings. The summed E-state index contributed by atoms with van der Waals surface area (Å²) in [5.74, 6) is 0.213. The first-order valence-electron chi connectivity index (χ1n) is 9.76. The lowest BCUT2D eigenvalue weighted by molar-refractivity contribution is -0.136. The summed E-state index contributed by atoms with van der Waals surface area (Å²) in [6.07, 6.45) is 0.538. The third-order valence-electron chi connectivity index (χ3n) is 5.10. The Kier molecular flexibility index (Phi) is 7.20.